The molecule has 5 rings (SSSR count). The number of halogens is 2. The second-order valence-electron chi connectivity index (χ2n) is 9.62. The van der Waals surface area contributed by atoms with Crippen LogP contribution in [-0.2, 0) is 17.6 Å². The summed E-state index contributed by atoms with van der Waals surface area (Å²) in [5.74, 6) is -1.31. The van der Waals surface area contributed by atoms with Crippen LogP contribution in [0.3, 0.4) is 0 Å². The van der Waals surface area contributed by atoms with Crippen LogP contribution in [-0.4, -0.2) is 26.4 Å². The maximum Gasteiger partial charge on any atom is 0.256 e. The summed E-state index contributed by atoms with van der Waals surface area (Å²) in [4.78, 5) is 11.4. The number of nitrogens with zero attached hydrogens (tertiary/aromatic N) is 2. The van der Waals surface area contributed by atoms with Gasteiger partial charge >= 0.3 is 0 Å². The van der Waals surface area contributed by atoms with Crippen LogP contribution in [0.1, 0.15) is 54.7 Å². The highest BCUT2D eigenvalue weighted by atomic mass is 19.1. The van der Waals surface area contributed by atoms with Crippen LogP contribution in [0.25, 0.3) is 11.8 Å². The first-order valence-electron chi connectivity index (χ1n) is 11.5. The Hall–Kier alpha value is -3.32. The number of nitrogens with two attached hydrogens (primary N) is 1. The van der Waals surface area contributed by atoms with Crippen molar-refractivity contribution in [2.45, 2.75) is 50.8 Å². The Morgan fingerprint density at radius 1 is 1.24 bits per heavy atom. The first-order chi connectivity index (χ1) is 16.2. The molecule has 0 bridgehead atoms. The molecule has 0 spiro atoms. The van der Waals surface area contributed by atoms with Crippen molar-refractivity contribution >= 4 is 12.0 Å². The van der Waals surface area contributed by atoms with Gasteiger partial charge in [-0.15, -0.1) is 0 Å². The Morgan fingerprint density at radius 3 is 2.71 bits per heavy atom. The maximum atomic E-state index is 14.4. The van der Waals surface area contributed by atoms with E-state index in [2.05, 4.69) is 18.1 Å². The zero-order valence-electron chi connectivity index (χ0n) is 19.0. The van der Waals surface area contributed by atoms with E-state index >= 15 is 0 Å². The van der Waals surface area contributed by atoms with Crippen LogP contribution in [0.4, 0.5) is 8.78 Å². The van der Waals surface area contributed by atoms with E-state index in [1.165, 1.54) is 12.1 Å². The summed E-state index contributed by atoms with van der Waals surface area (Å²) in [6, 6.07) is 13.1. The van der Waals surface area contributed by atoms with Crippen molar-refractivity contribution in [3.8, 4) is 5.69 Å². The van der Waals surface area contributed by atoms with Crippen molar-refractivity contribution in [2.75, 3.05) is 0 Å². The van der Waals surface area contributed by atoms with Gasteiger partial charge in [0.15, 0.2) is 0 Å². The number of fused-ring (bicyclic) bond motifs is 2. The van der Waals surface area contributed by atoms with Crippen LogP contribution in [0.5, 0.6) is 0 Å². The zero-order valence-corrected chi connectivity index (χ0v) is 19.0. The Labute approximate surface area is 196 Å². The molecule has 1 aromatic heterocycles. The van der Waals surface area contributed by atoms with Crippen LogP contribution < -0.4 is 5.73 Å². The Balaban J connectivity index is 1.42. The van der Waals surface area contributed by atoms with Crippen molar-refractivity contribution in [1.29, 1.82) is 0 Å². The number of rotatable bonds is 6. The number of hydrogen-bond acceptors (Lipinski definition) is 3. The van der Waals surface area contributed by atoms with E-state index in [0.29, 0.717) is 31.2 Å². The molecule has 0 radical (unpaired) electrons. The van der Waals surface area contributed by atoms with Crippen LogP contribution in [0.2, 0.25) is 0 Å². The van der Waals surface area contributed by atoms with E-state index in [1.807, 2.05) is 6.20 Å². The molecule has 3 N–H and O–H groups in total. The van der Waals surface area contributed by atoms with E-state index in [-0.39, 0.29) is 11.4 Å². The van der Waals surface area contributed by atoms with Gasteiger partial charge in [-0.2, -0.15) is 5.10 Å². The molecule has 176 valence electrons. The number of aryl methyl sites for hydroxylation is 1. The molecule has 1 fully saturated rings. The average molecular weight is 464 g/mol. The minimum Gasteiger partial charge on any atom is -0.389 e. The van der Waals surface area contributed by atoms with Gasteiger partial charge in [0, 0.05) is 5.41 Å². The predicted molar refractivity (Wildman–Crippen MR) is 125 cm³/mol. The van der Waals surface area contributed by atoms with Crippen molar-refractivity contribution in [3.63, 3.8) is 0 Å². The summed E-state index contributed by atoms with van der Waals surface area (Å²) in [5.41, 5.74) is 8.58. The molecule has 2 aliphatic carbocycles. The van der Waals surface area contributed by atoms with Gasteiger partial charge < -0.3 is 10.8 Å². The molecule has 2 aliphatic rings. The molecule has 1 saturated carbocycles. The predicted octanol–water partition coefficient (Wildman–Crippen LogP) is 4.61. The van der Waals surface area contributed by atoms with Gasteiger partial charge in [0.25, 0.3) is 5.91 Å². The Morgan fingerprint density at radius 2 is 1.97 bits per heavy atom. The maximum absolute atomic E-state index is 14.4. The molecular weight excluding hydrogens is 436 g/mol. The molecule has 2 aromatic carbocycles. The normalized spacial score (nSPS) is 24.3. The van der Waals surface area contributed by atoms with Gasteiger partial charge in [-0.05, 0) is 79.1 Å². The lowest BCUT2D eigenvalue weighted by Crippen LogP contribution is -2.45. The lowest BCUT2D eigenvalue weighted by molar-refractivity contribution is -0.122. The largest absolute Gasteiger partial charge is 0.389 e. The lowest BCUT2D eigenvalue weighted by atomic mass is 9.65. The van der Waals surface area contributed by atoms with E-state index < -0.39 is 23.1 Å². The fourth-order valence-corrected chi connectivity index (χ4v) is 5.62. The highest BCUT2D eigenvalue weighted by Crippen LogP contribution is 2.57. The molecular formula is C27H27F2N3O2. The number of benzene rings is 2. The second kappa shape index (κ2) is 8.17. The third-order valence-corrected chi connectivity index (χ3v) is 7.74. The van der Waals surface area contributed by atoms with E-state index in [1.54, 1.807) is 41.1 Å². The van der Waals surface area contributed by atoms with Crippen molar-refractivity contribution in [1.82, 2.24) is 9.78 Å². The van der Waals surface area contributed by atoms with Gasteiger partial charge in [-0.3, -0.25) is 4.79 Å². The number of amides is 1. The highest BCUT2D eigenvalue weighted by Gasteiger charge is 2.54. The summed E-state index contributed by atoms with van der Waals surface area (Å²) in [7, 11) is 0. The SMILES string of the molecule is CC12Cc3cnn(-c4ccc(F)cc4)c3C=C1CCC2(O)CCc1ccccc1C(F)C(N)=O. The number of hydrogen-bond donors (Lipinski definition) is 2. The minimum atomic E-state index is -1.87. The van der Waals surface area contributed by atoms with E-state index in [4.69, 9.17) is 5.73 Å². The third-order valence-electron chi connectivity index (χ3n) is 7.74. The Kier molecular flexibility index (Phi) is 5.40. The molecule has 0 aliphatic heterocycles. The van der Waals surface area contributed by atoms with Crippen molar-refractivity contribution in [2.24, 2.45) is 11.1 Å². The highest BCUT2D eigenvalue weighted by molar-refractivity contribution is 5.80. The fraction of sp³-hybridized carbons (Fsp3) is 0.333. The van der Waals surface area contributed by atoms with Crippen LogP contribution in [0.15, 0.2) is 60.3 Å². The fourth-order valence-electron chi connectivity index (χ4n) is 5.62. The quantitative estimate of drug-likeness (QED) is 0.560. The van der Waals surface area contributed by atoms with Gasteiger partial charge in [0.05, 0.1) is 23.2 Å². The number of carbonyl (C=O) groups excluding carboxylic acids is 1. The van der Waals surface area contributed by atoms with E-state index in [9.17, 15) is 18.7 Å². The first kappa shape index (κ1) is 22.5. The molecule has 34 heavy (non-hydrogen) atoms. The molecule has 3 atom stereocenters. The number of aliphatic hydroxyl groups is 1. The molecule has 1 heterocycles. The van der Waals surface area contributed by atoms with E-state index in [0.717, 1.165) is 28.9 Å². The first-order valence-corrected chi connectivity index (χ1v) is 11.5. The van der Waals surface area contributed by atoms with Gasteiger partial charge in [0.2, 0.25) is 6.17 Å². The summed E-state index contributed by atoms with van der Waals surface area (Å²) in [6.07, 6.45) is 4.89. The minimum absolute atomic E-state index is 0.268. The van der Waals surface area contributed by atoms with Crippen LogP contribution >= 0.6 is 0 Å². The molecule has 0 saturated heterocycles. The molecule has 5 nitrogen and oxygen atoms in total. The van der Waals surface area contributed by atoms with Crippen LogP contribution in [0, 0.1) is 11.2 Å². The standard InChI is InChI=1S/C27H27F2N3O2/c1-26-15-18-16-31-32(21-8-6-20(28)7-9-21)23(18)14-19(26)11-13-27(26,34)12-10-17-4-2-3-5-22(17)24(29)25(30)33/h2-9,14,16,24,34H,10-13,15H2,1H3,(H2,30,33). The zero-order chi connectivity index (χ0) is 24.1. The topological polar surface area (TPSA) is 81.1 Å². The Bertz CT molecular complexity index is 1280. The van der Waals surface area contributed by atoms with Crippen molar-refractivity contribution in [3.05, 3.63) is 88.5 Å². The summed E-state index contributed by atoms with van der Waals surface area (Å²) >= 11 is 0. The number of alkyl halides is 1. The number of primary amides is 1. The molecule has 1 amide bonds. The molecule has 3 unspecified atom stereocenters. The number of aromatic nitrogens is 2. The number of carbonyl (C=O) groups is 1. The summed E-state index contributed by atoms with van der Waals surface area (Å²) in [6.45, 7) is 2.08. The van der Waals surface area contributed by atoms with Crippen molar-refractivity contribution < 1.29 is 18.7 Å². The average Bonchev–Trinajstić information content (AvgIpc) is 3.34. The summed E-state index contributed by atoms with van der Waals surface area (Å²) in [5, 5.41) is 16.4. The van der Waals surface area contributed by atoms with Gasteiger partial charge in [0.1, 0.15) is 5.82 Å². The van der Waals surface area contributed by atoms with Gasteiger partial charge in [-0.1, -0.05) is 36.8 Å². The van der Waals surface area contributed by atoms with Gasteiger partial charge in [-0.25, -0.2) is 13.5 Å². The summed E-state index contributed by atoms with van der Waals surface area (Å²) < 4.78 is 29.6. The lowest BCUT2D eigenvalue weighted by Gasteiger charge is -2.42. The smallest absolute Gasteiger partial charge is 0.256 e. The molecule has 3 aromatic rings. The third kappa shape index (κ3) is 3.55. The molecule has 7 heteroatoms. The monoisotopic (exact) mass is 463 g/mol. The second-order valence-corrected chi connectivity index (χ2v) is 9.62.